The highest BCUT2D eigenvalue weighted by Gasteiger charge is 2.18. The van der Waals surface area contributed by atoms with Crippen LogP contribution in [-0.2, 0) is 0 Å². The van der Waals surface area contributed by atoms with Gasteiger partial charge in [0.25, 0.3) is 0 Å². The van der Waals surface area contributed by atoms with Crippen molar-refractivity contribution in [3.05, 3.63) is 53.2 Å². The van der Waals surface area contributed by atoms with Crippen LogP contribution < -0.4 is 10.2 Å². The van der Waals surface area contributed by atoms with Crippen molar-refractivity contribution in [2.45, 2.75) is 53.6 Å². The average Bonchev–Trinajstić information content (AvgIpc) is 2.99. The summed E-state index contributed by atoms with van der Waals surface area (Å²) in [5, 5.41) is 11.9. The van der Waals surface area contributed by atoms with Crippen LogP contribution in [0.25, 0.3) is 0 Å². The first-order valence-electron chi connectivity index (χ1n) is 10.5. The van der Waals surface area contributed by atoms with Gasteiger partial charge < -0.3 is 20.8 Å². The van der Waals surface area contributed by atoms with Crippen LogP contribution in [0, 0.1) is 12.9 Å². The standard InChI is InChI=1S/C17H19FN4O.C4H10O.C2H6.H2O/c1-12-10-13(17(18)20-11-12)16(23)14-4-2-5-15(21-14)22-8-3-6-19-7-9-22;1-4(2,3)5;1-2;/h2,4-5,10-11,19H,3,6-9H2,1H3;5H,1-3H3;1-2H3;1H2. The van der Waals surface area contributed by atoms with Crippen LogP contribution in [0.4, 0.5) is 10.2 Å². The van der Waals surface area contributed by atoms with Crippen LogP contribution in [0.5, 0.6) is 0 Å². The molecular formula is C23H37FN4O3. The van der Waals surface area contributed by atoms with Gasteiger partial charge in [0.1, 0.15) is 11.5 Å². The van der Waals surface area contributed by atoms with E-state index in [1.807, 2.05) is 19.9 Å². The number of carbonyl (C=O) groups excluding carboxylic acids is 1. The van der Waals surface area contributed by atoms with Crippen molar-refractivity contribution < 1.29 is 19.8 Å². The van der Waals surface area contributed by atoms with Crippen molar-refractivity contribution in [2.24, 2.45) is 0 Å². The predicted molar refractivity (Wildman–Crippen MR) is 123 cm³/mol. The van der Waals surface area contributed by atoms with Gasteiger partial charge in [0.2, 0.25) is 11.7 Å². The number of hydrogen-bond acceptors (Lipinski definition) is 6. The van der Waals surface area contributed by atoms with E-state index in [1.165, 1.54) is 12.3 Å². The van der Waals surface area contributed by atoms with Gasteiger partial charge in [-0.05, 0) is 64.4 Å². The number of ketones is 1. The van der Waals surface area contributed by atoms with Crippen LogP contribution in [0.3, 0.4) is 0 Å². The summed E-state index contributed by atoms with van der Waals surface area (Å²) >= 11 is 0. The number of aliphatic hydroxyl groups is 1. The van der Waals surface area contributed by atoms with E-state index in [1.54, 1.807) is 39.8 Å². The molecule has 174 valence electrons. The molecule has 0 unspecified atom stereocenters. The molecule has 0 atom stereocenters. The molecule has 0 aliphatic carbocycles. The van der Waals surface area contributed by atoms with Gasteiger partial charge in [0.15, 0.2) is 0 Å². The van der Waals surface area contributed by atoms with E-state index < -0.39 is 17.3 Å². The Morgan fingerprint density at radius 3 is 2.48 bits per heavy atom. The minimum Gasteiger partial charge on any atom is -0.412 e. The van der Waals surface area contributed by atoms with Gasteiger partial charge >= 0.3 is 0 Å². The number of aromatic nitrogens is 2. The van der Waals surface area contributed by atoms with E-state index in [0.29, 0.717) is 0 Å². The van der Waals surface area contributed by atoms with Crippen molar-refractivity contribution >= 4 is 11.6 Å². The molecule has 0 spiro atoms. The summed E-state index contributed by atoms with van der Waals surface area (Å²) in [5.74, 6) is -0.444. The molecule has 3 heterocycles. The predicted octanol–water partition coefficient (Wildman–Crippen LogP) is 2.93. The fraction of sp³-hybridized carbons (Fsp3) is 0.522. The first-order chi connectivity index (χ1) is 14.1. The smallest absolute Gasteiger partial charge is 0.224 e. The number of carbonyl (C=O) groups is 1. The van der Waals surface area contributed by atoms with Crippen LogP contribution in [0.2, 0.25) is 0 Å². The molecule has 1 fully saturated rings. The van der Waals surface area contributed by atoms with Gasteiger partial charge in [-0.25, -0.2) is 9.97 Å². The molecule has 0 amide bonds. The molecular weight excluding hydrogens is 399 g/mol. The molecule has 1 aliphatic rings. The maximum absolute atomic E-state index is 13.8. The second kappa shape index (κ2) is 13.8. The van der Waals surface area contributed by atoms with E-state index in [9.17, 15) is 9.18 Å². The third-order valence-corrected chi connectivity index (χ3v) is 3.85. The van der Waals surface area contributed by atoms with Crippen molar-refractivity contribution in [1.29, 1.82) is 0 Å². The third kappa shape index (κ3) is 10.4. The Morgan fingerprint density at radius 2 is 1.84 bits per heavy atom. The van der Waals surface area contributed by atoms with Gasteiger partial charge in [-0.2, -0.15) is 4.39 Å². The van der Waals surface area contributed by atoms with Crippen molar-refractivity contribution in [3.8, 4) is 0 Å². The van der Waals surface area contributed by atoms with Crippen molar-refractivity contribution in [1.82, 2.24) is 15.3 Å². The Kier molecular flexibility index (Phi) is 12.7. The number of hydrogen-bond donors (Lipinski definition) is 2. The minimum atomic E-state index is -0.758. The summed E-state index contributed by atoms with van der Waals surface area (Å²) in [6.45, 7) is 14.6. The second-order valence-corrected chi connectivity index (χ2v) is 7.82. The molecule has 1 saturated heterocycles. The lowest BCUT2D eigenvalue weighted by molar-refractivity contribution is 0.101. The van der Waals surface area contributed by atoms with E-state index in [2.05, 4.69) is 20.2 Å². The van der Waals surface area contributed by atoms with Gasteiger partial charge in [-0.3, -0.25) is 4.79 Å². The molecule has 8 heteroatoms. The van der Waals surface area contributed by atoms with E-state index in [0.717, 1.165) is 44.0 Å². The van der Waals surface area contributed by atoms with Crippen LogP contribution in [-0.4, -0.2) is 58.1 Å². The molecule has 2 aromatic heterocycles. The number of halogens is 1. The van der Waals surface area contributed by atoms with E-state index in [4.69, 9.17) is 5.11 Å². The number of nitrogens with one attached hydrogen (secondary N) is 1. The van der Waals surface area contributed by atoms with Crippen LogP contribution in [0.1, 0.15) is 62.7 Å². The lowest BCUT2D eigenvalue weighted by Crippen LogP contribution is -2.29. The number of nitrogens with zero attached hydrogens (tertiary/aromatic N) is 3. The zero-order valence-electron chi connectivity index (χ0n) is 19.5. The molecule has 3 rings (SSSR count). The Bertz CT molecular complexity index is 796. The normalized spacial score (nSPS) is 13.5. The van der Waals surface area contributed by atoms with Crippen molar-refractivity contribution in [3.63, 3.8) is 0 Å². The lowest BCUT2D eigenvalue weighted by Gasteiger charge is -2.21. The Morgan fingerprint density at radius 1 is 1.19 bits per heavy atom. The summed E-state index contributed by atoms with van der Waals surface area (Å²) in [5.41, 5.74) is 0.447. The Labute approximate surface area is 185 Å². The molecule has 0 bridgehead atoms. The summed E-state index contributed by atoms with van der Waals surface area (Å²) < 4.78 is 13.8. The molecule has 0 saturated carbocycles. The number of aryl methyl sites for hydroxylation is 1. The summed E-state index contributed by atoms with van der Waals surface area (Å²) in [6, 6.07) is 6.79. The third-order valence-electron chi connectivity index (χ3n) is 3.85. The maximum Gasteiger partial charge on any atom is 0.224 e. The molecule has 1 aliphatic heterocycles. The average molecular weight is 437 g/mol. The maximum atomic E-state index is 13.8. The summed E-state index contributed by atoms with van der Waals surface area (Å²) in [6.07, 6.45) is 2.43. The largest absolute Gasteiger partial charge is 0.412 e. The first-order valence-corrected chi connectivity index (χ1v) is 10.5. The number of anilines is 1. The molecule has 0 aromatic carbocycles. The number of pyridine rings is 2. The first kappa shape index (κ1) is 28.6. The van der Waals surface area contributed by atoms with Crippen LogP contribution >= 0.6 is 0 Å². The second-order valence-electron chi connectivity index (χ2n) is 7.82. The molecule has 0 radical (unpaired) electrons. The lowest BCUT2D eigenvalue weighted by atomic mass is 10.1. The highest BCUT2D eigenvalue weighted by molar-refractivity contribution is 6.07. The summed E-state index contributed by atoms with van der Waals surface area (Å²) in [4.78, 5) is 22.7. The fourth-order valence-corrected chi connectivity index (χ4v) is 2.65. The van der Waals surface area contributed by atoms with Gasteiger partial charge in [0.05, 0.1) is 11.2 Å². The van der Waals surface area contributed by atoms with E-state index in [-0.39, 0.29) is 16.7 Å². The highest BCUT2D eigenvalue weighted by atomic mass is 19.1. The fourth-order valence-electron chi connectivity index (χ4n) is 2.65. The quantitative estimate of drug-likeness (QED) is 0.565. The SMILES string of the molecule is CC.CC(C)(C)O.Cc1cnc(F)c(C(=O)c2cccc(N3CCCNCC3)n2)c1.O. The number of rotatable bonds is 3. The zero-order chi connectivity index (χ0) is 22.7. The van der Waals surface area contributed by atoms with Gasteiger partial charge in [0, 0.05) is 25.8 Å². The van der Waals surface area contributed by atoms with Gasteiger partial charge in [-0.1, -0.05) is 19.9 Å². The molecule has 31 heavy (non-hydrogen) atoms. The molecule has 7 nitrogen and oxygen atoms in total. The summed E-state index contributed by atoms with van der Waals surface area (Å²) in [7, 11) is 0. The Hall–Kier alpha value is -2.42. The van der Waals surface area contributed by atoms with E-state index >= 15 is 0 Å². The minimum absolute atomic E-state index is 0. The van der Waals surface area contributed by atoms with Crippen molar-refractivity contribution in [2.75, 3.05) is 31.1 Å². The zero-order valence-corrected chi connectivity index (χ0v) is 19.5. The Balaban J connectivity index is 0.000000994. The molecule has 2 aromatic rings. The molecule has 4 N–H and O–H groups in total. The van der Waals surface area contributed by atoms with Crippen LogP contribution in [0.15, 0.2) is 30.5 Å². The topological polar surface area (TPSA) is 110 Å². The monoisotopic (exact) mass is 436 g/mol. The highest BCUT2D eigenvalue weighted by Crippen LogP contribution is 2.17. The van der Waals surface area contributed by atoms with Gasteiger partial charge in [-0.15, -0.1) is 0 Å².